The summed E-state index contributed by atoms with van der Waals surface area (Å²) in [7, 11) is 5.05. The van der Waals surface area contributed by atoms with E-state index in [1.807, 2.05) is 26.0 Å². The molecular weight excluding hydrogens is 429 g/mol. The number of amides is 1. The fourth-order valence-electron chi connectivity index (χ4n) is 3.32. The number of rotatable bonds is 9. The maximum atomic E-state index is 11.9. The van der Waals surface area contributed by atoms with Gasteiger partial charge in [-0.05, 0) is 80.3 Å². The molecule has 11 heteroatoms. The van der Waals surface area contributed by atoms with E-state index in [0.29, 0.717) is 5.95 Å². The average molecular weight is 457 g/mol. The van der Waals surface area contributed by atoms with Crippen molar-refractivity contribution < 1.29 is 19.7 Å². The van der Waals surface area contributed by atoms with Gasteiger partial charge in [-0.2, -0.15) is 0 Å². The number of ether oxygens (including phenoxy) is 1. The lowest BCUT2D eigenvalue weighted by molar-refractivity contribution is -0.0911. The summed E-state index contributed by atoms with van der Waals surface area (Å²) in [5.74, 6) is -1.71. The van der Waals surface area contributed by atoms with E-state index in [-0.39, 0.29) is 24.2 Å². The van der Waals surface area contributed by atoms with Crippen molar-refractivity contribution in [2.45, 2.75) is 68.3 Å². The molecule has 0 saturated heterocycles. The number of carbonyl (C=O) groups excluding carboxylic acids is 1. The van der Waals surface area contributed by atoms with Crippen LogP contribution in [0.5, 0.6) is 0 Å². The molecule has 32 heavy (non-hydrogen) atoms. The van der Waals surface area contributed by atoms with Gasteiger partial charge in [0.1, 0.15) is 6.10 Å². The van der Waals surface area contributed by atoms with E-state index in [2.05, 4.69) is 25.3 Å². The molecule has 0 bridgehead atoms. The van der Waals surface area contributed by atoms with Crippen molar-refractivity contribution in [3.05, 3.63) is 42.2 Å². The lowest BCUT2D eigenvalue weighted by Crippen LogP contribution is -2.41. The fourth-order valence-corrected chi connectivity index (χ4v) is 3.86. The highest BCUT2D eigenvalue weighted by Gasteiger charge is 2.29. The molecule has 1 saturated carbocycles. The number of hydrogen-bond donors (Lipinski definition) is 5. The molecule has 0 spiro atoms. The Labute approximate surface area is 193 Å². The summed E-state index contributed by atoms with van der Waals surface area (Å²) in [6, 6.07) is 7.31. The molecule has 1 heterocycles. The molecule has 3 rings (SSSR count). The number of aliphatic hydroxyl groups is 2. The molecule has 9 nitrogen and oxygen atoms in total. The van der Waals surface area contributed by atoms with E-state index in [1.54, 1.807) is 24.5 Å². The van der Waals surface area contributed by atoms with E-state index in [0.717, 1.165) is 53.8 Å². The van der Waals surface area contributed by atoms with Crippen LogP contribution in [0.2, 0.25) is 0 Å². The fraction of sp³-hybridized carbons (Fsp3) is 0.476. The standard InChI is InChI=1S/C21H28BN5O4S/c1-3-13(2)25-20(28)31-17-7-4-14(10-17)15-11-23-19(24-12-15)26-16-5-8-18(9-6-16)32-27-21(22,29)30/h5-6,8-9,11-14,17,27,29-30H,3-4,7,10H2,1-2H3,(H,25,28)(H,23,24,26). The normalized spacial score (nSPS) is 19.4. The van der Waals surface area contributed by atoms with Crippen LogP contribution in [-0.4, -0.2) is 52.1 Å². The highest BCUT2D eigenvalue weighted by atomic mass is 32.2. The van der Waals surface area contributed by atoms with Crippen LogP contribution in [0.15, 0.2) is 41.6 Å². The number of alkyl carbamates (subject to hydrolysis) is 1. The first-order valence-electron chi connectivity index (χ1n) is 10.6. The number of hydrogen-bond acceptors (Lipinski definition) is 9. The largest absolute Gasteiger partial charge is 0.446 e. The van der Waals surface area contributed by atoms with Crippen LogP contribution >= 0.6 is 11.9 Å². The quantitative estimate of drug-likeness (QED) is 0.219. The van der Waals surface area contributed by atoms with Gasteiger partial charge in [-0.15, -0.1) is 0 Å². The van der Waals surface area contributed by atoms with Crippen LogP contribution < -0.4 is 15.4 Å². The topological polar surface area (TPSA) is 129 Å². The molecule has 5 N–H and O–H groups in total. The molecule has 1 aliphatic rings. The molecule has 1 aromatic carbocycles. The van der Waals surface area contributed by atoms with Crippen molar-refractivity contribution in [3.63, 3.8) is 0 Å². The lowest BCUT2D eigenvalue weighted by Gasteiger charge is -2.17. The minimum atomic E-state index is -2.44. The maximum Gasteiger partial charge on any atom is 0.407 e. The van der Waals surface area contributed by atoms with E-state index >= 15 is 0 Å². The van der Waals surface area contributed by atoms with Crippen molar-refractivity contribution in [1.29, 1.82) is 0 Å². The number of benzene rings is 1. The molecule has 1 amide bonds. The molecule has 1 aliphatic carbocycles. The van der Waals surface area contributed by atoms with Crippen LogP contribution in [0.25, 0.3) is 0 Å². The highest BCUT2D eigenvalue weighted by molar-refractivity contribution is 7.97. The Bertz CT molecular complexity index is 879. The number of anilines is 2. The molecule has 0 aliphatic heterocycles. The number of aromatic nitrogens is 2. The minimum absolute atomic E-state index is 0.0890. The number of nitrogens with zero attached hydrogens (tertiary/aromatic N) is 2. The molecule has 170 valence electrons. The highest BCUT2D eigenvalue weighted by Crippen LogP contribution is 2.35. The van der Waals surface area contributed by atoms with Crippen LogP contribution in [-0.2, 0) is 4.74 Å². The predicted octanol–water partition coefficient (Wildman–Crippen LogP) is 2.74. The lowest BCUT2D eigenvalue weighted by atomic mass is 10.0. The van der Waals surface area contributed by atoms with E-state index in [9.17, 15) is 4.79 Å². The second-order valence-corrected chi connectivity index (χ2v) is 8.79. The zero-order valence-corrected chi connectivity index (χ0v) is 18.9. The van der Waals surface area contributed by atoms with Gasteiger partial charge in [0.25, 0.3) is 0 Å². The molecule has 2 aromatic rings. The number of carbonyl (C=O) groups is 1. The molecule has 1 aromatic heterocycles. The number of nitrogens with one attached hydrogen (secondary N) is 3. The van der Waals surface area contributed by atoms with Crippen LogP contribution in [0.4, 0.5) is 16.4 Å². The SMILES string of the molecule is [B]C(O)(O)NSc1ccc(Nc2ncc(C3CCC(OC(=O)NC(C)CC)C3)cn2)cc1. The Kier molecular flexibility index (Phi) is 8.35. The molecule has 2 radical (unpaired) electrons. The van der Waals surface area contributed by atoms with E-state index < -0.39 is 5.81 Å². The van der Waals surface area contributed by atoms with Gasteiger partial charge >= 0.3 is 6.09 Å². The third-order valence-corrected chi connectivity index (χ3v) is 6.12. The third kappa shape index (κ3) is 7.66. The molecule has 3 atom stereocenters. The summed E-state index contributed by atoms with van der Waals surface area (Å²) < 4.78 is 7.83. The summed E-state index contributed by atoms with van der Waals surface area (Å²) >= 11 is 0.997. The maximum absolute atomic E-state index is 11.9. The summed E-state index contributed by atoms with van der Waals surface area (Å²) in [6.45, 7) is 3.97. The summed E-state index contributed by atoms with van der Waals surface area (Å²) in [6.07, 6.45) is 6.56. The van der Waals surface area contributed by atoms with Crippen molar-refractivity contribution in [2.75, 3.05) is 5.32 Å². The van der Waals surface area contributed by atoms with Crippen molar-refractivity contribution in [2.24, 2.45) is 0 Å². The van der Waals surface area contributed by atoms with Gasteiger partial charge in [0, 0.05) is 29.0 Å². The smallest absolute Gasteiger partial charge is 0.407 e. The minimum Gasteiger partial charge on any atom is -0.446 e. The van der Waals surface area contributed by atoms with Crippen molar-refractivity contribution in [1.82, 2.24) is 20.0 Å². The van der Waals surface area contributed by atoms with Gasteiger partial charge in [-0.25, -0.2) is 19.5 Å². The van der Waals surface area contributed by atoms with Crippen molar-refractivity contribution >= 4 is 37.5 Å². The average Bonchev–Trinajstić information content (AvgIpc) is 3.21. The summed E-state index contributed by atoms with van der Waals surface area (Å²) in [5, 5.41) is 24.1. The Hall–Kier alpha value is -2.34. The predicted molar refractivity (Wildman–Crippen MR) is 123 cm³/mol. The van der Waals surface area contributed by atoms with Gasteiger partial charge in [-0.3, -0.25) is 0 Å². The van der Waals surface area contributed by atoms with Gasteiger partial charge in [0.15, 0.2) is 13.7 Å². The first-order valence-corrected chi connectivity index (χ1v) is 11.4. The van der Waals surface area contributed by atoms with Gasteiger partial charge in [0.05, 0.1) is 0 Å². The van der Waals surface area contributed by atoms with Gasteiger partial charge < -0.3 is 25.6 Å². The molecule has 1 fully saturated rings. The first kappa shape index (κ1) is 24.3. The molecule has 3 unspecified atom stereocenters. The molecular formula is C21H28BN5O4S. The van der Waals surface area contributed by atoms with Crippen LogP contribution in [0.1, 0.15) is 51.0 Å². The summed E-state index contributed by atoms with van der Waals surface area (Å²) in [4.78, 5) is 21.5. The second-order valence-electron chi connectivity index (χ2n) is 7.91. The Morgan fingerprint density at radius 2 is 1.97 bits per heavy atom. The summed E-state index contributed by atoms with van der Waals surface area (Å²) in [5.41, 5.74) is 1.82. The Balaban J connectivity index is 1.48. The second kappa shape index (κ2) is 11.0. The van der Waals surface area contributed by atoms with Gasteiger partial charge in [0.2, 0.25) is 5.95 Å². The van der Waals surface area contributed by atoms with E-state index in [4.69, 9.17) is 22.8 Å². The zero-order chi connectivity index (χ0) is 23.1. The van der Waals surface area contributed by atoms with E-state index in [1.165, 1.54) is 0 Å². The zero-order valence-electron chi connectivity index (χ0n) is 18.1. The van der Waals surface area contributed by atoms with Gasteiger partial charge in [-0.1, -0.05) is 6.92 Å². The van der Waals surface area contributed by atoms with Crippen LogP contribution in [0, 0.1) is 0 Å². The van der Waals surface area contributed by atoms with Crippen LogP contribution in [0.3, 0.4) is 0 Å². The monoisotopic (exact) mass is 457 g/mol. The Morgan fingerprint density at radius 3 is 2.59 bits per heavy atom. The third-order valence-electron chi connectivity index (χ3n) is 5.21. The Morgan fingerprint density at radius 1 is 1.28 bits per heavy atom. The van der Waals surface area contributed by atoms with Crippen molar-refractivity contribution in [3.8, 4) is 0 Å². The first-order chi connectivity index (χ1) is 15.2.